The Morgan fingerprint density at radius 1 is 1.32 bits per heavy atom. The topological polar surface area (TPSA) is 72.9 Å². The molecule has 0 unspecified atom stereocenters. The molecule has 22 heavy (non-hydrogen) atoms. The number of carbonyl (C=O) groups is 1. The summed E-state index contributed by atoms with van der Waals surface area (Å²) in [5.74, 6) is -0.442. The third-order valence-corrected chi connectivity index (χ3v) is 3.37. The van der Waals surface area contributed by atoms with Crippen molar-refractivity contribution in [3.63, 3.8) is 0 Å². The maximum Gasteiger partial charge on any atom is 0.534 e. The molecule has 1 rings (SSSR count). The molecule has 0 spiro atoms. The number of ether oxygens (including phenoxy) is 1. The molecular weight excluding hydrogens is 327 g/mol. The van der Waals surface area contributed by atoms with Crippen LogP contribution in [-0.4, -0.2) is 37.1 Å². The molecular formula is C12H16F3NO5S. The van der Waals surface area contributed by atoms with Crippen molar-refractivity contribution in [2.75, 3.05) is 6.54 Å². The average molecular weight is 343 g/mol. The Bertz CT molecular complexity index is 601. The van der Waals surface area contributed by atoms with Gasteiger partial charge in [-0.1, -0.05) is 6.58 Å². The summed E-state index contributed by atoms with van der Waals surface area (Å²) in [5, 5.41) is 0. The third-order valence-electron chi connectivity index (χ3n) is 2.37. The third kappa shape index (κ3) is 4.65. The fourth-order valence-corrected chi connectivity index (χ4v) is 1.99. The van der Waals surface area contributed by atoms with Gasteiger partial charge in [0, 0.05) is 24.7 Å². The summed E-state index contributed by atoms with van der Waals surface area (Å²) < 4.78 is 67.6. The minimum Gasteiger partial charge on any atom is -0.443 e. The highest BCUT2D eigenvalue weighted by Gasteiger charge is 2.49. The highest BCUT2D eigenvalue weighted by Crippen LogP contribution is 2.30. The molecule has 1 heterocycles. The van der Waals surface area contributed by atoms with Crippen LogP contribution in [0.25, 0.3) is 0 Å². The molecule has 1 amide bonds. The normalized spacial score (nSPS) is 17.1. The SMILES string of the molecule is C=C1C=C(OS(=O)(=O)C(F)(F)F)CCN1C(=O)OC(C)(C)C. The van der Waals surface area contributed by atoms with Gasteiger partial charge < -0.3 is 8.92 Å². The molecule has 0 fully saturated rings. The quantitative estimate of drug-likeness (QED) is 0.569. The summed E-state index contributed by atoms with van der Waals surface area (Å²) >= 11 is 0. The van der Waals surface area contributed by atoms with Crippen molar-refractivity contribution in [2.24, 2.45) is 0 Å². The summed E-state index contributed by atoms with van der Waals surface area (Å²) in [6, 6.07) is 0. The molecule has 0 aliphatic carbocycles. The monoisotopic (exact) mass is 343 g/mol. The zero-order valence-electron chi connectivity index (χ0n) is 12.2. The van der Waals surface area contributed by atoms with E-state index in [1.807, 2.05) is 0 Å². The first-order chi connectivity index (χ1) is 9.73. The minimum absolute atomic E-state index is 0.0205. The van der Waals surface area contributed by atoms with Gasteiger partial charge >= 0.3 is 21.7 Å². The van der Waals surface area contributed by atoms with Gasteiger partial charge in [-0.3, -0.25) is 4.90 Å². The molecule has 0 bridgehead atoms. The maximum absolute atomic E-state index is 12.2. The van der Waals surface area contributed by atoms with E-state index in [1.165, 1.54) is 0 Å². The number of rotatable bonds is 2. The number of halogens is 3. The fraction of sp³-hybridized carbons (Fsp3) is 0.583. The Hall–Kier alpha value is -1.71. The van der Waals surface area contributed by atoms with Gasteiger partial charge in [0.2, 0.25) is 0 Å². The molecule has 0 radical (unpaired) electrons. The summed E-state index contributed by atoms with van der Waals surface area (Å²) in [4.78, 5) is 12.9. The first kappa shape index (κ1) is 18.3. The van der Waals surface area contributed by atoms with Crippen molar-refractivity contribution >= 4 is 16.2 Å². The second-order valence-corrected chi connectivity index (χ2v) is 7.00. The number of hydrogen-bond acceptors (Lipinski definition) is 5. The molecule has 6 nitrogen and oxygen atoms in total. The van der Waals surface area contributed by atoms with Crippen LogP contribution in [0.5, 0.6) is 0 Å². The van der Waals surface area contributed by atoms with Crippen molar-refractivity contribution in [2.45, 2.75) is 38.3 Å². The Kier molecular flexibility index (Phi) is 4.85. The van der Waals surface area contributed by atoms with E-state index in [1.54, 1.807) is 20.8 Å². The average Bonchev–Trinajstić information content (AvgIpc) is 2.23. The van der Waals surface area contributed by atoms with Crippen molar-refractivity contribution in [3.8, 4) is 0 Å². The molecule has 0 aromatic rings. The smallest absolute Gasteiger partial charge is 0.443 e. The van der Waals surface area contributed by atoms with E-state index >= 15 is 0 Å². The van der Waals surface area contributed by atoms with Crippen molar-refractivity contribution in [1.29, 1.82) is 0 Å². The predicted molar refractivity (Wildman–Crippen MR) is 70.8 cm³/mol. The van der Waals surface area contributed by atoms with Crippen molar-refractivity contribution < 1.29 is 35.3 Å². The molecule has 10 heteroatoms. The highest BCUT2D eigenvalue weighted by atomic mass is 32.2. The molecule has 0 aromatic carbocycles. The van der Waals surface area contributed by atoms with Gasteiger partial charge in [0.05, 0.1) is 0 Å². The van der Waals surface area contributed by atoms with Gasteiger partial charge in [-0.25, -0.2) is 4.79 Å². The lowest BCUT2D eigenvalue weighted by Gasteiger charge is -2.30. The predicted octanol–water partition coefficient (Wildman–Crippen LogP) is 2.89. The largest absolute Gasteiger partial charge is 0.534 e. The van der Waals surface area contributed by atoms with E-state index in [-0.39, 0.29) is 18.7 Å². The van der Waals surface area contributed by atoms with Crippen LogP contribution in [0.15, 0.2) is 24.1 Å². The Labute approximate surface area is 126 Å². The van der Waals surface area contributed by atoms with Crippen molar-refractivity contribution in [3.05, 3.63) is 24.1 Å². The van der Waals surface area contributed by atoms with Crippen LogP contribution in [0, 0.1) is 0 Å². The Morgan fingerprint density at radius 3 is 2.27 bits per heavy atom. The van der Waals surface area contributed by atoms with E-state index < -0.39 is 33.1 Å². The first-order valence-corrected chi connectivity index (χ1v) is 7.54. The molecule has 1 aliphatic heterocycles. The van der Waals surface area contributed by atoms with Gasteiger partial charge in [0.1, 0.15) is 11.4 Å². The lowest BCUT2D eigenvalue weighted by molar-refractivity contribution is -0.0525. The van der Waals surface area contributed by atoms with Gasteiger partial charge in [-0.15, -0.1) is 0 Å². The molecule has 0 atom stereocenters. The van der Waals surface area contributed by atoms with Crippen LogP contribution in [-0.2, 0) is 19.0 Å². The van der Waals surface area contributed by atoms with Crippen LogP contribution >= 0.6 is 0 Å². The minimum atomic E-state index is -5.73. The summed E-state index contributed by atoms with van der Waals surface area (Å²) in [5.41, 5.74) is -6.29. The van der Waals surface area contributed by atoms with Gasteiger partial charge in [0.25, 0.3) is 0 Å². The van der Waals surface area contributed by atoms with Crippen LogP contribution < -0.4 is 0 Å². The molecule has 0 saturated carbocycles. The molecule has 1 aliphatic rings. The molecule has 0 saturated heterocycles. The maximum atomic E-state index is 12.2. The molecule has 0 N–H and O–H groups in total. The van der Waals surface area contributed by atoms with Gasteiger partial charge in [-0.05, 0) is 20.8 Å². The molecule has 0 aromatic heterocycles. The van der Waals surface area contributed by atoms with E-state index in [0.717, 1.165) is 11.0 Å². The van der Waals surface area contributed by atoms with Gasteiger partial charge in [0.15, 0.2) is 0 Å². The number of alkyl halides is 3. The standard InChI is InChI=1S/C12H16F3NO5S/c1-8-7-9(21-22(18,19)12(13,14)15)5-6-16(8)10(17)20-11(2,3)4/h7H,1,5-6H2,2-4H3. The second kappa shape index (κ2) is 5.82. The number of hydrogen-bond donors (Lipinski definition) is 0. The first-order valence-electron chi connectivity index (χ1n) is 6.14. The summed E-state index contributed by atoms with van der Waals surface area (Å²) in [6.07, 6.45) is 0.0102. The van der Waals surface area contributed by atoms with Crippen LogP contribution in [0.2, 0.25) is 0 Å². The highest BCUT2D eigenvalue weighted by molar-refractivity contribution is 7.87. The fourth-order valence-electron chi connectivity index (χ4n) is 1.48. The Morgan fingerprint density at radius 2 is 1.86 bits per heavy atom. The zero-order chi connectivity index (χ0) is 17.3. The van der Waals surface area contributed by atoms with E-state index in [2.05, 4.69) is 10.8 Å². The Balaban J connectivity index is 2.83. The summed E-state index contributed by atoms with van der Waals surface area (Å²) in [6.45, 7) is 8.33. The number of carbonyl (C=O) groups excluding carboxylic acids is 1. The van der Waals surface area contributed by atoms with E-state index in [0.29, 0.717) is 0 Å². The van der Waals surface area contributed by atoms with Crippen LogP contribution in [0.3, 0.4) is 0 Å². The van der Waals surface area contributed by atoms with Gasteiger partial charge in [-0.2, -0.15) is 21.6 Å². The second-order valence-electron chi connectivity index (χ2n) is 5.47. The number of nitrogens with zero attached hydrogens (tertiary/aromatic N) is 1. The van der Waals surface area contributed by atoms with Crippen molar-refractivity contribution in [1.82, 2.24) is 4.90 Å². The zero-order valence-corrected chi connectivity index (χ0v) is 13.0. The lowest BCUT2D eigenvalue weighted by atomic mass is 10.2. The number of amides is 1. The van der Waals surface area contributed by atoms with Crippen LogP contribution in [0.4, 0.5) is 18.0 Å². The van der Waals surface area contributed by atoms with E-state index in [4.69, 9.17) is 4.74 Å². The lowest BCUT2D eigenvalue weighted by Crippen LogP contribution is -2.38. The molecule has 126 valence electrons. The summed E-state index contributed by atoms with van der Waals surface area (Å²) in [7, 11) is -5.73. The van der Waals surface area contributed by atoms with E-state index in [9.17, 15) is 26.4 Å². The van der Waals surface area contributed by atoms with Crippen LogP contribution in [0.1, 0.15) is 27.2 Å². The number of allylic oxidation sites excluding steroid dienone is 1.